The maximum absolute atomic E-state index is 12.7. The van der Waals surface area contributed by atoms with Crippen molar-refractivity contribution in [3.8, 4) is 0 Å². The van der Waals surface area contributed by atoms with Crippen LogP contribution in [0.1, 0.15) is 30.7 Å². The van der Waals surface area contributed by atoms with Gasteiger partial charge in [0, 0.05) is 25.0 Å². The van der Waals surface area contributed by atoms with Crippen LogP contribution >= 0.6 is 11.3 Å². The Morgan fingerprint density at radius 1 is 1.57 bits per heavy atom. The second kappa shape index (κ2) is 6.43. The molecule has 6 nitrogen and oxygen atoms in total. The molecule has 1 N–H and O–H groups in total. The van der Waals surface area contributed by atoms with E-state index >= 15 is 0 Å². The zero-order valence-corrected chi connectivity index (χ0v) is 13.7. The number of carboxylic acid groups (broad SMARTS) is 1. The zero-order valence-electron chi connectivity index (χ0n) is 12.1. The first-order valence-electron chi connectivity index (χ1n) is 6.83. The predicted molar refractivity (Wildman–Crippen MR) is 81.3 cm³/mol. The van der Waals surface area contributed by atoms with Crippen LogP contribution in [0.3, 0.4) is 0 Å². The van der Waals surface area contributed by atoms with E-state index in [1.807, 2.05) is 24.4 Å². The molecule has 21 heavy (non-hydrogen) atoms. The molecule has 1 fully saturated rings. The van der Waals surface area contributed by atoms with E-state index in [1.54, 1.807) is 7.05 Å². The normalized spacial score (nSPS) is 22.3. The maximum atomic E-state index is 12.7. The van der Waals surface area contributed by atoms with Crippen LogP contribution in [0.2, 0.25) is 0 Å². The lowest BCUT2D eigenvalue weighted by atomic mass is 10.0. The SMILES string of the molecule is CC(c1cccs1)N(C)S(=O)(=O)N1CCCC(C(=O)O)C1. The average molecular weight is 332 g/mol. The number of hydrogen-bond acceptors (Lipinski definition) is 4. The highest BCUT2D eigenvalue weighted by Crippen LogP contribution is 2.28. The number of hydrogen-bond donors (Lipinski definition) is 1. The molecule has 1 aromatic rings. The van der Waals surface area contributed by atoms with Crippen LogP contribution in [0.15, 0.2) is 17.5 Å². The molecule has 1 aliphatic rings. The maximum Gasteiger partial charge on any atom is 0.307 e. The number of piperidine rings is 1. The Kier molecular flexibility index (Phi) is 5.03. The summed E-state index contributed by atoms with van der Waals surface area (Å²) in [4.78, 5) is 12.0. The summed E-state index contributed by atoms with van der Waals surface area (Å²) >= 11 is 1.51. The van der Waals surface area contributed by atoms with Crippen molar-refractivity contribution in [3.05, 3.63) is 22.4 Å². The molecular formula is C13H20N2O4S2. The van der Waals surface area contributed by atoms with Crippen molar-refractivity contribution < 1.29 is 18.3 Å². The summed E-state index contributed by atoms with van der Waals surface area (Å²) in [5.41, 5.74) is 0. The second-order valence-electron chi connectivity index (χ2n) is 5.25. The van der Waals surface area contributed by atoms with Crippen LogP contribution in [0, 0.1) is 5.92 Å². The number of carbonyl (C=O) groups is 1. The number of aliphatic carboxylic acids is 1. The highest BCUT2D eigenvalue weighted by atomic mass is 32.2. The molecule has 2 atom stereocenters. The lowest BCUT2D eigenvalue weighted by Crippen LogP contribution is -2.48. The largest absolute Gasteiger partial charge is 0.481 e. The Morgan fingerprint density at radius 2 is 2.29 bits per heavy atom. The highest BCUT2D eigenvalue weighted by molar-refractivity contribution is 7.86. The molecule has 0 aromatic carbocycles. The predicted octanol–water partition coefficient (Wildman–Crippen LogP) is 1.78. The standard InChI is InChI=1S/C13H20N2O4S2/c1-10(12-6-4-8-20-12)14(2)21(18,19)15-7-3-5-11(9-15)13(16)17/h4,6,8,10-11H,3,5,7,9H2,1-2H3,(H,16,17). The smallest absolute Gasteiger partial charge is 0.307 e. The first-order valence-corrected chi connectivity index (χ1v) is 9.11. The molecule has 8 heteroatoms. The van der Waals surface area contributed by atoms with Gasteiger partial charge in [-0.2, -0.15) is 17.0 Å². The quantitative estimate of drug-likeness (QED) is 0.891. The Morgan fingerprint density at radius 3 is 2.86 bits per heavy atom. The van der Waals surface area contributed by atoms with Gasteiger partial charge in [0.15, 0.2) is 0 Å². The molecule has 1 saturated heterocycles. The van der Waals surface area contributed by atoms with Gasteiger partial charge in [-0.25, -0.2) is 0 Å². The van der Waals surface area contributed by atoms with E-state index in [0.29, 0.717) is 19.4 Å². The molecule has 1 aliphatic heterocycles. The number of nitrogens with zero attached hydrogens (tertiary/aromatic N) is 2. The number of carboxylic acids is 1. The fourth-order valence-electron chi connectivity index (χ4n) is 2.44. The van der Waals surface area contributed by atoms with Crippen molar-refractivity contribution in [1.29, 1.82) is 0 Å². The molecule has 2 rings (SSSR count). The molecule has 2 unspecified atom stereocenters. The van der Waals surface area contributed by atoms with Gasteiger partial charge in [0.1, 0.15) is 0 Å². The monoisotopic (exact) mass is 332 g/mol. The van der Waals surface area contributed by atoms with Crippen molar-refractivity contribution >= 4 is 27.5 Å². The van der Waals surface area contributed by atoms with Crippen LogP contribution < -0.4 is 0 Å². The summed E-state index contributed by atoms with van der Waals surface area (Å²) in [6.07, 6.45) is 1.11. The minimum Gasteiger partial charge on any atom is -0.481 e. The number of rotatable bonds is 5. The minimum atomic E-state index is -3.64. The van der Waals surface area contributed by atoms with Crippen molar-refractivity contribution in [2.45, 2.75) is 25.8 Å². The minimum absolute atomic E-state index is 0.0547. The van der Waals surface area contributed by atoms with Gasteiger partial charge in [-0.3, -0.25) is 4.79 Å². The summed E-state index contributed by atoms with van der Waals surface area (Å²) in [6.45, 7) is 2.27. The third-order valence-electron chi connectivity index (χ3n) is 3.92. The van der Waals surface area contributed by atoms with Crippen LogP contribution in [0.25, 0.3) is 0 Å². The van der Waals surface area contributed by atoms with E-state index in [2.05, 4.69) is 0 Å². The lowest BCUT2D eigenvalue weighted by Gasteiger charge is -2.34. The van der Waals surface area contributed by atoms with Crippen LogP contribution in [-0.2, 0) is 15.0 Å². The molecule has 1 aromatic heterocycles. The van der Waals surface area contributed by atoms with Gasteiger partial charge in [-0.05, 0) is 31.2 Å². The van der Waals surface area contributed by atoms with E-state index in [4.69, 9.17) is 5.11 Å². The van der Waals surface area contributed by atoms with Gasteiger partial charge in [0.2, 0.25) is 0 Å². The second-order valence-corrected chi connectivity index (χ2v) is 8.22. The first kappa shape index (κ1) is 16.4. The van der Waals surface area contributed by atoms with Crippen molar-refractivity contribution in [2.75, 3.05) is 20.1 Å². The molecule has 0 spiro atoms. The van der Waals surface area contributed by atoms with Gasteiger partial charge in [0.25, 0.3) is 10.2 Å². The topological polar surface area (TPSA) is 77.9 Å². The van der Waals surface area contributed by atoms with E-state index in [0.717, 1.165) is 4.88 Å². The van der Waals surface area contributed by atoms with Gasteiger partial charge in [-0.1, -0.05) is 6.07 Å². The van der Waals surface area contributed by atoms with Gasteiger partial charge in [-0.15, -0.1) is 11.3 Å². The zero-order chi connectivity index (χ0) is 15.6. The van der Waals surface area contributed by atoms with E-state index in [-0.39, 0.29) is 12.6 Å². The molecule has 0 saturated carbocycles. The Labute approximate surface area is 129 Å². The Balaban J connectivity index is 2.15. The Bertz CT molecular complexity index is 585. The van der Waals surface area contributed by atoms with Gasteiger partial charge in [0.05, 0.1) is 12.0 Å². The summed E-state index contributed by atoms with van der Waals surface area (Å²) in [5, 5.41) is 11.0. The van der Waals surface area contributed by atoms with Crippen LogP contribution in [-0.4, -0.2) is 48.2 Å². The Hall–Kier alpha value is -0.960. The third-order valence-corrected chi connectivity index (χ3v) is 6.99. The molecule has 0 amide bonds. The molecule has 2 heterocycles. The van der Waals surface area contributed by atoms with Gasteiger partial charge >= 0.3 is 5.97 Å². The van der Waals surface area contributed by atoms with Crippen LogP contribution in [0.5, 0.6) is 0 Å². The van der Waals surface area contributed by atoms with E-state index < -0.39 is 22.1 Å². The first-order chi connectivity index (χ1) is 9.84. The summed E-state index contributed by atoms with van der Waals surface area (Å²) in [7, 11) is -2.10. The summed E-state index contributed by atoms with van der Waals surface area (Å²) in [5.74, 6) is -1.54. The van der Waals surface area contributed by atoms with Crippen molar-refractivity contribution in [1.82, 2.24) is 8.61 Å². The fourth-order valence-corrected chi connectivity index (χ4v) is 4.94. The molecule has 0 radical (unpaired) electrons. The molecular weight excluding hydrogens is 312 g/mol. The molecule has 0 bridgehead atoms. The van der Waals surface area contributed by atoms with E-state index in [1.165, 1.54) is 19.9 Å². The molecule has 118 valence electrons. The van der Waals surface area contributed by atoms with Crippen LogP contribution in [0.4, 0.5) is 0 Å². The van der Waals surface area contributed by atoms with Gasteiger partial charge < -0.3 is 5.11 Å². The van der Waals surface area contributed by atoms with Crippen molar-refractivity contribution in [2.24, 2.45) is 5.92 Å². The summed E-state index contributed by atoms with van der Waals surface area (Å²) < 4.78 is 27.9. The highest BCUT2D eigenvalue weighted by Gasteiger charge is 2.36. The lowest BCUT2D eigenvalue weighted by molar-refractivity contribution is -0.142. The fraction of sp³-hybridized carbons (Fsp3) is 0.615. The van der Waals surface area contributed by atoms with E-state index in [9.17, 15) is 13.2 Å². The third kappa shape index (κ3) is 3.45. The average Bonchev–Trinajstić information content (AvgIpc) is 3.00. The molecule has 0 aliphatic carbocycles. The summed E-state index contributed by atoms with van der Waals surface area (Å²) in [6, 6.07) is 3.52. The van der Waals surface area contributed by atoms with Crippen molar-refractivity contribution in [3.63, 3.8) is 0 Å². The number of thiophene rings is 1.